The van der Waals surface area contributed by atoms with Gasteiger partial charge in [0.05, 0.1) is 0 Å². The van der Waals surface area contributed by atoms with E-state index in [2.05, 4.69) is 21.8 Å². The Hall–Kier alpha value is -0.920. The Balaban J connectivity index is 2.08. The molecule has 0 amide bonds. The monoisotopic (exact) mass is 300 g/mol. The van der Waals surface area contributed by atoms with Gasteiger partial charge < -0.3 is 5.73 Å². The van der Waals surface area contributed by atoms with E-state index < -0.39 is 10.0 Å². The summed E-state index contributed by atoms with van der Waals surface area (Å²) in [6.07, 6.45) is 5.16. The highest BCUT2D eigenvalue weighted by molar-refractivity contribution is 7.89. The highest BCUT2D eigenvalue weighted by Gasteiger charge is 2.28. The summed E-state index contributed by atoms with van der Waals surface area (Å²) in [5, 5.41) is 6.65. The van der Waals surface area contributed by atoms with Crippen molar-refractivity contribution in [3.63, 3.8) is 0 Å². The number of hydrogen-bond acceptors (Lipinski definition) is 4. The topological polar surface area (TPSA) is 101 Å². The SMILES string of the molecule is CCC1CCC(NS(=O)(=O)c2n[nH]c(C)c2CN)CC1. The molecule has 1 fully saturated rings. The van der Waals surface area contributed by atoms with E-state index in [9.17, 15) is 8.42 Å². The lowest BCUT2D eigenvalue weighted by Gasteiger charge is -2.28. The fourth-order valence-electron chi connectivity index (χ4n) is 2.86. The number of aromatic nitrogens is 2. The molecule has 20 heavy (non-hydrogen) atoms. The average molecular weight is 300 g/mol. The van der Waals surface area contributed by atoms with Gasteiger partial charge in [0.25, 0.3) is 10.0 Å². The van der Waals surface area contributed by atoms with Crippen molar-refractivity contribution in [2.45, 2.75) is 63.6 Å². The third-order valence-electron chi connectivity index (χ3n) is 4.24. The van der Waals surface area contributed by atoms with Gasteiger partial charge in [0.1, 0.15) is 0 Å². The van der Waals surface area contributed by atoms with Gasteiger partial charge in [-0.15, -0.1) is 0 Å². The van der Waals surface area contributed by atoms with E-state index in [1.54, 1.807) is 6.92 Å². The zero-order valence-electron chi connectivity index (χ0n) is 12.1. The van der Waals surface area contributed by atoms with Crippen LogP contribution in [0, 0.1) is 12.8 Å². The summed E-state index contributed by atoms with van der Waals surface area (Å²) < 4.78 is 27.6. The predicted octanol–water partition coefficient (Wildman–Crippen LogP) is 1.42. The van der Waals surface area contributed by atoms with E-state index in [0.717, 1.165) is 31.6 Å². The highest BCUT2D eigenvalue weighted by atomic mass is 32.2. The van der Waals surface area contributed by atoms with Gasteiger partial charge in [0.2, 0.25) is 0 Å². The van der Waals surface area contributed by atoms with Crippen molar-refractivity contribution in [3.05, 3.63) is 11.3 Å². The largest absolute Gasteiger partial charge is 0.326 e. The molecule has 1 aliphatic carbocycles. The van der Waals surface area contributed by atoms with Gasteiger partial charge in [-0.05, 0) is 38.5 Å². The third kappa shape index (κ3) is 3.21. The van der Waals surface area contributed by atoms with Gasteiger partial charge in [0.15, 0.2) is 5.03 Å². The molecule has 0 atom stereocenters. The molecule has 7 heteroatoms. The molecule has 0 aromatic carbocycles. The lowest BCUT2D eigenvalue weighted by Crippen LogP contribution is -2.38. The Morgan fingerprint density at radius 1 is 1.35 bits per heavy atom. The fraction of sp³-hybridized carbons (Fsp3) is 0.769. The molecular weight excluding hydrogens is 276 g/mol. The molecule has 0 radical (unpaired) electrons. The molecule has 1 heterocycles. The summed E-state index contributed by atoms with van der Waals surface area (Å²) >= 11 is 0. The number of nitrogens with zero attached hydrogens (tertiary/aromatic N) is 1. The molecule has 0 aliphatic heterocycles. The van der Waals surface area contributed by atoms with Crippen LogP contribution >= 0.6 is 0 Å². The van der Waals surface area contributed by atoms with Crippen LogP contribution in [0.1, 0.15) is 50.3 Å². The van der Waals surface area contributed by atoms with Crippen LogP contribution in [0.15, 0.2) is 5.03 Å². The van der Waals surface area contributed by atoms with Gasteiger partial charge in [-0.25, -0.2) is 13.1 Å². The van der Waals surface area contributed by atoms with Crippen LogP contribution in [0.4, 0.5) is 0 Å². The van der Waals surface area contributed by atoms with Crippen molar-refractivity contribution >= 4 is 10.0 Å². The Morgan fingerprint density at radius 2 is 2.00 bits per heavy atom. The Bertz CT molecular complexity index is 545. The second-order valence-electron chi connectivity index (χ2n) is 5.58. The van der Waals surface area contributed by atoms with E-state index in [1.165, 1.54) is 6.42 Å². The van der Waals surface area contributed by atoms with Gasteiger partial charge >= 0.3 is 0 Å². The minimum Gasteiger partial charge on any atom is -0.326 e. The Kier molecular flexibility index (Phi) is 4.82. The fourth-order valence-corrected chi connectivity index (χ4v) is 4.37. The Labute approximate surface area is 120 Å². The molecule has 1 aromatic rings. The maximum Gasteiger partial charge on any atom is 0.260 e. The summed E-state index contributed by atoms with van der Waals surface area (Å²) in [7, 11) is -3.58. The van der Waals surface area contributed by atoms with Crippen molar-refractivity contribution in [1.82, 2.24) is 14.9 Å². The Morgan fingerprint density at radius 3 is 2.55 bits per heavy atom. The first-order valence-corrected chi connectivity index (χ1v) is 8.72. The number of aromatic amines is 1. The number of H-pyrrole nitrogens is 1. The molecule has 114 valence electrons. The summed E-state index contributed by atoms with van der Waals surface area (Å²) in [6, 6.07) is 0.0189. The van der Waals surface area contributed by atoms with Crippen LogP contribution in [0.25, 0.3) is 0 Å². The molecular formula is C13H24N4O2S. The standard InChI is InChI=1S/C13H24N4O2S/c1-3-10-4-6-11(7-5-10)17-20(18,19)13-12(8-14)9(2)15-16-13/h10-11,17H,3-8,14H2,1-2H3,(H,15,16). The van der Waals surface area contributed by atoms with Crippen molar-refractivity contribution < 1.29 is 8.42 Å². The number of sulfonamides is 1. The summed E-state index contributed by atoms with van der Waals surface area (Å²) in [6.45, 7) is 4.14. The molecule has 1 aromatic heterocycles. The number of hydrogen-bond donors (Lipinski definition) is 3. The maximum absolute atomic E-state index is 12.4. The first-order valence-electron chi connectivity index (χ1n) is 7.24. The number of aryl methyl sites for hydroxylation is 1. The predicted molar refractivity (Wildman–Crippen MR) is 77.6 cm³/mol. The van der Waals surface area contributed by atoms with Crippen molar-refractivity contribution in [2.24, 2.45) is 11.7 Å². The second-order valence-corrected chi connectivity index (χ2v) is 7.21. The summed E-state index contributed by atoms with van der Waals surface area (Å²) in [4.78, 5) is 0. The van der Waals surface area contributed by atoms with Crippen LogP contribution in [-0.4, -0.2) is 24.7 Å². The summed E-state index contributed by atoms with van der Waals surface area (Å²) in [5.74, 6) is 0.739. The van der Waals surface area contributed by atoms with Crippen molar-refractivity contribution in [3.8, 4) is 0 Å². The van der Waals surface area contributed by atoms with E-state index in [0.29, 0.717) is 11.3 Å². The number of rotatable bonds is 5. The minimum atomic E-state index is -3.58. The molecule has 4 N–H and O–H groups in total. The van der Waals surface area contributed by atoms with Crippen molar-refractivity contribution in [1.29, 1.82) is 0 Å². The van der Waals surface area contributed by atoms with Crippen molar-refractivity contribution in [2.75, 3.05) is 0 Å². The molecule has 0 unspecified atom stereocenters. The van der Waals surface area contributed by atoms with Gasteiger partial charge in [-0.3, -0.25) is 5.10 Å². The average Bonchev–Trinajstić information content (AvgIpc) is 2.81. The molecule has 0 spiro atoms. The zero-order chi connectivity index (χ0) is 14.8. The van der Waals surface area contributed by atoms with E-state index in [4.69, 9.17) is 5.73 Å². The normalized spacial score (nSPS) is 23.9. The van der Waals surface area contributed by atoms with Crippen LogP contribution in [-0.2, 0) is 16.6 Å². The molecule has 0 bridgehead atoms. The van der Waals surface area contributed by atoms with Crippen LogP contribution in [0.2, 0.25) is 0 Å². The molecule has 6 nitrogen and oxygen atoms in total. The van der Waals surface area contributed by atoms with E-state index >= 15 is 0 Å². The van der Waals surface area contributed by atoms with E-state index in [-0.39, 0.29) is 17.6 Å². The first-order chi connectivity index (χ1) is 9.47. The van der Waals surface area contributed by atoms with Gasteiger partial charge in [-0.2, -0.15) is 5.10 Å². The number of nitrogens with two attached hydrogens (primary N) is 1. The molecule has 1 saturated carbocycles. The van der Waals surface area contributed by atoms with Crippen LogP contribution in [0.3, 0.4) is 0 Å². The van der Waals surface area contributed by atoms with Crippen LogP contribution < -0.4 is 10.5 Å². The molecule has 2 rings (SSSR count). The smallest absolute Gasteiger partial charge is 0.260 e. The third-order valence-corrected chi connectivity index (χ3v) is 5.73. The number of nitrogens with one attached hydrogen (secondary N) is 2. The van der Waals surface area contributed by atoms with Gasteiger partial charge in [-0.1, -0.05) is 13.3 Å². The minimum absolute atomic E-state index is 0.0189. The second kappa shape index (κ2) is 6.24. The van der Waals surface area contributed by atoms with Gasteiger partial charge in [0, 0.05) is 23.8 Å². The maximum atomic E-state index is 12.4. The first kappa shape index (κ1) is 15.5. The highest BCUT2D eigenvalue weighted by Crippen LogP contribution is 2.27. The van der Waals surface area contributed by atoms with Crippen LogP contribution in [0.5, 0.6) is 0 Å². The molecule has 0 saturated heterocycles. The lowest BCUT2D eigenvalue weighted by atomic mass is 9.85. The molecule has 1 aliphatic rings. The zero-order valence-corrected chi connectivity index (χ0v) is 13.0. The van der Waals surface area contributed by atoms with E-state index in [1.807, 2.05) is 0 Å². The summed E-state index contributed by atoms with van der Waals surface area (Å²) in [5.41, 5.74) is 6.89. The lowest BCUT2D eigenvalue weighted by molar-refractivity contribution is 0.306. The quantitative estimate of drug-likeness (QED) is 0.765.